The minimum atomic E-state index is -0.212. The Morgan fingerprint density at radius 2 is 1.95 bits per heavy atom. The molecule has 8 heteroatoms. The third-order valence-corrected chi connectivity index (χ3v) is 6.64. The minimum absolute atomic E-state index is 0.212. The molecule has 0 saturated heterocycles. The van der Waals surface area contributed by atoms with Crippen LogP contribution in [0.1, 0.15) is 53.4 Å². The number of benzene rings is 1. The first-order valence-corrected chi connectivity index (χ1v) is 13.1. The second-order valence-electron chi connectivity index (χ2n) is 9.14. The molecule has 0 bridgehead atoms. The first-order valence-electron chi connectivity index (χ1n) is 13.1. The Morgan fingerprint density at radius 3 is 2.74 bits per heavy atom. The molecule has 38 heavy (non-hydrogen) atoms. The van der Waals surface area contributed by atoms with E-state index in [9.17, 15) is 4.79 Å². The second-order valence-corrected chi connectivity index (χ2v) is 9.14. The number of aromatic nitrogens is 5. The number of nitrogens with one attached hydrogen (secondary N) is 2. The molecule has 5 aromatic rings. The number of carbonyl (C=O) groups excluding carboxylic acids is 1. The molecule has 1 aliphatic heterocycles. The van der Waals surface area contributed by atoms with Crippen molar-refractivity contribution in [2.45, 2.75) is 40.7 Å². The molecule has 194 valence electrons. The highest BCUT2D eigenvalue weighted by Crippen LogP contribution is 2.28. The highest BCUT2D eigenvalue weighted by Gasteiger charge is 2.18. The van der Waals surface area contributed by atoms with Gasteiger partial charge in [0.05, 0.1) is 35.3 Å². The van der Waals surface area contributed by atoms with Crippen molar-refractivity contribution in [3.05, 3.63) is 95.3 Å². The Kier molecular flexibility index (Phi) is 7.33. The number of rotatable bonds is 5. The average molecular weight is 508 g/mol. The molecule has 0 aliphatic carbocycles. The smallest absolute Gasteiger partial charge is 0.274 e. The van der Waals surface area contributed by atoms with Gasteiger partial charge in [-0.2, -0.15) is 5.10 Å². The molecule has 1 aromatic carbocycles. The zero-order chi connectivity index (χ0) is 26.6. The van der Waals surface area contributed by atoms with Gasteiger partial charge >= 0.3 is 0 Å². The summed E-state index contributed by atoms with van der Waals surface area (Å²) in [6.45, 7) is 10.4. The average Bonchev–Trinajstić information content (AvgIpc) is 3.51. The fourth-order valence-corrected chi connectivity index (χ4v) is 4.91. The van der Waals surface area contributed by atoms with Crippen molar-refractivity contribution in [3.8, 4) is 0 Å². The van der Waals surface area contributed by atoms with Crippen molar-refractivity contribution in [2.24, 2.45) is 0 Å². The topological polar surface area (TPSA) is 89.1 Å². The number of nitrogens with zero attached hydrogens (tertiary/aromatic N) is 5. The van der Waals surface area contributed by atoms with Gasteiger partial charge in [0.2, 0.25) is 0 Å². The molecule has 0 spiro atoms. The molecule has 0 atom stereocenters. The molecule has 0 fully saturated rings. The van der Waals surface area contributed by atoms with E-state index in [4.69, 9.17) is 5.10 Å². The lowest BCUT2D eigenvalue weighted by Crippen LogP contribution is -2.20. The van der Waals surface area contributed by atoms with Crippen molar-refractivity contribution in [2.75, 3.05) is 18.4 Å². The second kappa shape index (κ2) is 11.0. The van der Waals surface area contributed by atoms with Crippen LogP contribution < -0.4 is 10.6 Å². The van der Waals surface area contributed by atoms with Crippen molar-refractivity contribution < 1.29 is 4.79 Å². The van der Waals surface area contributed by atoms with Crippen LogP contribution in [0.5, 0.6) is 0 Å². The van der Waals surface area contributed by atoms with Gasteiger partial charge in [0.25, 0.3) is 5.91 Å². The lowest BCUT2D eigenvalue weighted by Gasteiger charge is -2.14. The number of amides is 1. The van der Waals surface area contributed by atoms with Crippen LogP contribution in [0, 0.1) is 13.8 Å². The highest BCUT2D eigenvalue weighted by atomic mass is 16.1. The number of hydrogen-bond donors (Lipinski definition) is 2. The summed E-state index contributed by atoms with van der Waals surface area (Å²) < 4.78 is 3.77. The Bertz CT molecular complexity index is 1640. The summed E-state index contributed by atoms with van der Waals surface area (Å²) in [5.41, 5.74) is 8.15. The van der Waals surface area contributed by atoms with Crippen LogP contribution in [0.4, 0.5) is 5.69 Å². The predicted molar refractivity (Wildman–Crippen MR) is 153 cm³/mol. The summed E-state index contributed by atoms with van der Waals surface area (Å²) in [5.74, 6) is -0.212. The maximum absolute atomic E-state index is 13.3. The first kappa shape index (κ1) is 25.4. The Hall–Kier alpha value is -4.30. The van der Waals surface area contributed by atoms with Gasteiger partial charge in [-0.15, -0.1) is 0 Å². The van der Waals surface area contributed by atoms with E-state index >= 15 is 0 Å². The van der Waals surface area contributed by atoms with Gasteiger partial charge < -0.3 is 10.6 Å². The molecular weight excluding hydrogens is 474 g/mol. The quantitative estimate of drug-likeness (QED) is 0.333. The predicted octanol–water partition coefficient (Wildman–Crippen LogP) is 5.40. The van der Waals surface area contributed by atoms with E-state index in [1.807, 2.05) is 85.4 Å². The fraction of sp³-hybridized carbons (Fsp3) is 0.267. The van der Waals surface area contributed by atoms with Crippen LogP contribution in [0.25, 0.3) is 22.1 Å². The van der Waals surface area contributed by atoms with Gasteiger partial charge in [0, 0.05) is 23.8 Å². The van der Waals surface area contributed by atoms with Gasteiger partial charge in [-0.1, -0.05) is 32.1 Å². The molecule has 5 heterocycles. The van der Waals surface area contributed by atoms with Crippen molar-refractivity contribution >= 4 is 33.7 Å². The zero-order valence-corrected chi connectivity index (χ0v) is 22.3. The minimum Gasteiger partial charge on any atom is -0.320 e. The van der Waals surface area contributed by atoms with E-state index in [0.29, 0.717) is 12.2 Å². The van der Waals surface area contributed by atoms with E-state index < -0.39 is 0 Å². The molecule has 0 radical (unpaired) electrons. The maximum Gasteiger partial charge on any atom is 0.274 e. The SMILES string of the molecule is CC.Cc1cccc(Cn2nc(C)c3c(NC(=O)c4cnc5cc(C6=CCNCC6)ccn45)cccc32)n1. The van der Waals surface area contributed by atoms with Crippen LogP contribution in [-0.4, -0.2) is 43.1 Å². The molecule has 1 aliphatic rings. The molecule has 8 nitrogen and oxygen atoms in total. The van der Waals surface area contributed by atoms with E-state index in [1.165, 1.54) is 5.57 Å². The summed E-state index contributed by atoms with van der Waals surface area (Å²) in [6.07, 6.45) is 6.75. The third kappa shape index (κ3) is 4.95. The van der Waals surface area contributed by atoms with Crippen LogP contribution in [0.2, 0.25) is 0 Å². The van der Waals surface area contributed by atoms with Crippen LogP contribution in [0.15, 0.2) is 67.0 Å². The number of anilines is 1. The normalized spacial score (nSPS) is 13.2. The lowest BCUT2D eigenvalue weighted by atomic mass is 10.0. The summed E-state index contributed by atoms with van der Waals surface area (Å²) in [7, 11) is 0. The largest absolute Gasteiger partial charge is 0.320 e. The monoisotopic (exact) mass is 507 g/mol. The number of fused-ring (bicyclic) bond motifs is 2. The van der Waals surface area contributed by atoms with Crippen molar-refractivity contribution in [1.29, 1.82) is 0 Å². The van der Waals surface area contributed by atoms with E-state index in [-0.39, 0.29) is 5.91 Å². The number of aryl methyl sites for hydroxylation is 2. The van der Waals surface area contributed by atoms with Crippen LogP contribution >= 0.6 is 0 Å². The summed E-state index contributed by atoms with van der Waals surface area (Å²) in [4.78, 5) is 22.5. The summed E-state index contributed by atoms with van der Waals surface area (Å²) in [6, 6.07) is 15.9. The maximum atomic E-state index is 13.3. The molecule has 0 saturated carbocycles. The Balaban J connectivity index is 0.00000144. The molecular formula is C30H33N7O. The van der Waals surface area contributed by atoms with Gasteiger partial charge in [-0.05, 0) is 74.3 Å². The number of pyridine rings is 2. The fourth-order valence-electron chi connectivity index (χ4n) is 4.91. The molecule has 1 amide bonds. The zero-order valence-electron chi connectivity index (χ0n) is 22.3. The highest BCUT2D eigenvalue weighted by molar-refractivity contribution is 6.08. The van der Waals surface area contributed by atoms with Crippen molar-refractivity contribution in [3.63, 3.8) is 0 Å². The van der Waals surface area contributed by atoms with Crippen LogP contribution in [0.3, 0.4) is 0 Å². The Labute approximate surface area is 222 Å². The van der Waals surface area contributed by atoms with Gasteiger partial charge in [-0.25, -0.2) is 4.98 Å². The van der Waals surface area contributed by atoms with Crippen LogP contribution in [-0.2, 0) is 6.54 Å². The number of imidazole rings is 1. The van der Waals surface area contributed by atoms with Crippen molar-refractivity contribution in [1.82, 2.24) is 29.5 Å². The molecule has 4 aromatic heterocycles. The molecule has 0 unspecified atom stereocenters. The summed E-state index contributed by atoms with van der Waals surface area (Å²) in [5, 5.41) is 12.1. The van der Waals surface area contributed by atoms with Gasteiger partial charge in [-0.3, -0.25) is 18.9 Å². The molecule has 6 rings (SSSR count). The first-order chi connectivity index (χ1) is 18.6. The lowest BCUT2D eigenvalue weighted by molar-refractivity contribution is 0.102. The van der Waals surface area contributed by atoms with E-state index in [0.717, 1.165) is 64.4 Å². The van der Waals surface area contributed by atoms with Gasteiger partial charge in [0.1, 0.15) is 11.3 Å². The number of carbonyl (C=O) groups is 1. The summed E-state index contributed by atoms with van der Waals surface area (Å²) >= 11 is 0. The standard InChI is InChI=1S/C28H27N7O.C2H6/c1-18-5-3-6-22(31-18)17-35-24-8-4-7-23(27(24)19(2)33-35)32-28(36)25-16-30-26-15-21(11-14-34(25)26)20-9-12-29-13-10-20;1-2/h3-9,11,14-16,29H,10,12-13,17H2,1-2H3,(H,32,36);1-2H3. The van der Waals surface area contributed by atoms with E-state index in [2.05, 4.69) is 32.7 Å². The molecule has 2 N–H and O–H groups in total. The van der Waals surface area contributed by atoms with Gasteiger partial charge in [0.15, 0.2) is 0 Å². The number of hydrogen-bond acceptors (Lipinski definition) is 5. The third-order valence-electron chi connectivity index (χ3n) is 6.64. The Morgan fingerprint density at radius 1 is 1.11 bits per heavy atom. The van der Waals surface area contributed by atoms with E-state index in [1.54, 1.807) is 6.20 Å².